The van der Waals surface area contributed by atoms with Crippen molar-refractivity contribution in [1.82, 2.24) is 10.2 Å². The summed E-state index contributed by atoms with van der Waals surface area (Å²) in [5.74, 6) is -1.10. The lowest BCUT2D eigenvalue weighted by atomic mass is 10.2. The zero-order chi connectivity index (χ0) is 21.4. The van der Waals surface area contributed by atoms with E-state index in [-0.39, 0.29) is 29.9 Å². The van der Waals surface area contributed by atoms with Crippen LogP contribution in [-0.4, -0.2) is 42.3 Å². The third-order valence-corrected chi connectivity index (χ3v) is 4.80. The van der Waals surface area contributed by atoms with E-state index in [9.17, 15) is 14.4 Å². The molecule has 0 saturated heterocycles. The molecule has 0 aliphatic carbocycles. The second-order valence-corrected chi connectivity index (χ2v) is 7.36. The summed E-state index contributed by atoms with van der Waals surface area (Å²) in [5, 5.41) is 5.86. The van der Waals surface area contributed by atoms with Gasteiger partial charge in [-0.1, -0.05) is 47.8 Å². The third-order valence-electron chi connectivity index (χ3n) is 4.06. The molecule has 2 rings (SSSR count). The Morgan fingerprint density at radius 3 is 2.28 bits per heavy atom. The Hall–Kier alpha value is -2.57. The fourth-order valence-corrected chi connectivity index (χ4v) is 2.88. The predicted octanol–water partition coefficient (Wildman–Crippen LogP) is 3.91. The van der Waals surface area contributed by atoms with Crippen molar-refractivity contribution >= 4 is 46.6 Å². The van der Waals surface area contributed by atoms with Gasteiger partial charge in [-0.3, -0.25) is 14.4 Å². The summed E-state index contributed by atoms with van der Waals surface area (Å²) >= 11 is 11.9. The predicted molar refractivity (Wildman–Crippen MR) is 115 cm³/mol. The molecule has 0 aliphatic heterocycles. The first-order valence-electron chi connectivity index (χ1n) is 9.17. The molecular formula is C21H23Cl2N3O3. The van der Waals surface area contributed by atoms with Gasteiger partial charge in [0.15, 0.2) is 0 Å². The second-order valence-electron chi connectivity index (χ2n) is 6.55. The fourth-order valence-electron chi connectivity index (χ4n) is 2.58. The minimum absolute atomic E-state index is 0.162. The van der Waals surface area contributed by atoms with Crippen LogP contribution in [0.3, 0.4) is 0 Å². The number of hydrogen-bond donors (Lipinski definition) is 2. The van der Waals surface area contributed by atoms with Crippen LogP contribution in [0.2, 0.25) is 10.0 Å². The number of amides is 3. The monoisotopic (exact) mass is 435 g/mol. The molecule has 2 aromatic rings. The molecule has 2 aromatic carbocycles. The molecule has 0 spiro atoms. The van der Waals surface area contributed by atoms with Gasteiger partial charge in [-0.15, -0.1) is 0 Å². The van der Waals surface area contributed by atoms with Crippen LogP contribution in [0.15, 0.2) is 42.5 Å². The number of nitrogens with one attached hydrogen (secondary N) is 2. The van der Waals surface area contributed by atoms with Crippen LogP contribution in [0, 0.1) is 6.92 Å². The highest BCUT2D eigenvalue weighted by molar-refractivity contribution is 6.42. The lowest BCUT2D eigenvalue weighted by molar-refractivity contribution is -0.124. The van der Waals surface area contributed by atoms with Gasteiger partial charge in [0.25, 0.3) is 5.91 Å². The number of anilines is 1. The van der Waals surface area contributed by atoms with Gasteiger partial charge in [0.05, 0.1) is 23.1 Å². The number of halogens is 2. The molecule has 0 fully saturated rings. The van der Waals surface area contributed by atoms with Gasteiger partial charge in [-0.2, -0.15) is 0 Å². The first-order chi connectivity index (χ1) is 13.8. The fraction of sp³-hybridized carbons (Fsp3) is 0.286. The minimum atomic E-state index is -0.425. The van der Waals surface area contributed by atoms with Gasteiger partial charge in [0, 0.05) is 17.8 Å². The molecule has 8 heteroatoms. The summed E-state index contributed by atoms with van der Waals surface area (Å²) in [4.78, 5) is 38.4. The largest absolute Gasteiger partial charge is 0.345 e. The quantitative estimate of drug-likeness (QED) is 0.659. The van der Waals surface area contributed by atoms with Gasteiger partial charge < -0.3 is 15.5 Å². The molecule has 154 valence electrons. The summed E-state index contributed by atoms with van der Waals surface area (Å²) in [5.41, 5.74) is 2.08. The number of hydrogen-bond acceptors (Lipinski definition) is 3. The first kappa shape index (κ1) is 22.7. The van der Waals surface area contributed by atoms with E-state index in [1.165, 1.54) is 17.0 Å². The number of carbonyl (C=O) groups is 3. The van der Waals surface area contributed by atoms with Crippen molar-refractivity contribution in [3.63, 3.8) is 0 Å². The molecule has 3 amide bonds. The van der Waals surface area contributed by atoms with E-state index in [1.54, 1.807) is 18.2 Å². The molecule has 0 saturated carbocycles. The summed E-state index contributed by atoms with van der Waals surface area (Å²) in [6.07, 6.45) is 0.675. The van der Waals surface area contributed by atoms with Crippen molar-refractivity contribution in [3.05, 3.63) is 63.6 Å². The van der Waals surface area contributed by atoms with Crippen molar-refractivity contribution < 1.29 is 14.4 Å². The highest BCUT2D eigenvalue weighted by Crippen LogP contribution is 2.23. The number of benzene rings is 2. The van der Waals surface area contributed by atoms with E-state index in [0.29, 0.717) is 29.2 Å². The number of carbonyl (C=O) groups excluding carboxylic acids is 3. The Labute approximate surface area is 180 Å². The Balaban J connectivity index is 1.91. The molecule has 29 heavy (non-hydrogen) atoms. The molecule has 0 aromatic heterocycles. The van der Waals surface area contributed by atoms with Crippen molar-refractivity contribution in [2.24, 2.45) is 0 Å². The van der Waals surface area contributed by atoms with Crippen LogP contribution >= 0.6 is 23.2 Å². The summed E-state index contributed by atoms with van der Waals surface area (Å²) < 4.78 is 0. The maximum absolute atomic E-state index is 12.7. The smallest absolute Gasteiger partial charge is 0.254 e. The molecule has 0 radical (unpaired) electrons. The standard InChI is InChI=1S/C21H23Cl2N3O3/c1-3-10-26(21(29)15-6-9-17(22)18(23)11-15)13-20(28)24-12-19(27)25-16-7-4-14(2)5-8-16/h4-9,11H,3,10,12-13H2,1-2H3,(H,24,28)(H,25,27). The van der Waals surface area contributed by atoms with Gasteiger partial charge in [-0.25, -0.2) is 0 Å². The highest BCUT2D eigenvalue weighted by Gasteiger charge is 2.19. The average molecular weight is 436 g/mol. The molecule has 0 unspecified atom stereocenters. The van der Waals surface area contributed by atoms with E-state index in [1.807, 2.05) is 26.0 Å². The minimum Gasteiger partial charge on any atom is -0.345 e. The molecule has 6 nitrogen and oxygen atoms in total. The molecule has 2 N–H and O–H groups in total. The van der Waals surface area contributed by atoms with Crippen LogP contribution in [-0.2, 0) is 9.59 Å². The van der Waals surface area contributed by atoms with Crippen LogP contribution in [0.25, 0.3) is 0 Å². The number of aryl methyl sites for hydroxylation is 1. The number of rotatable bonds is 8. The van der Waals surface area contributed by atoms with Crippen molar-refractivity contribution in [1.29, 1.82) is 0 Å². The number of nitrogens with zero attached hydrogens (tertiary/aromatic N) is 1. The van der Waals surface area contributed by atoms with Gasteiger partial charge in [0.1, 0.15) is 0 Å². The van der Waals surface area contributed by atoms with Crippen molar-refractivity contribution in [2.45, 2.75) is 20.3 Å². The van der Waals surface area contributed by atoms with E-state index in [2.05, 4.69) is 10.6 Å². The zero-order valence-corrected chi connectivity index (χ0v) is 17.8. The van der Waals surface area contributed by atoms with E-state index < -0.39 is 5.91 Å². The van der Waals surface area contributed by atoms with Crippen molar-refractivity contribution in [2.75, 3.05) is 25.0 Å². The van der Waals surface area contributed by atoms with Crippen LogP contribution in [0.5, 0.6) is 0 Å². The van der Waals surface area contributed by atoms with Gasteiger partial charge >= 0.3 is 0 Å². The summed E-state index contributed by atoms with van der Waals surface area (Å²) in [7, 11) is 0. The van der Waals surface area contributed by atoms with E-state index in [4.69, 9.17) is 23.2 Å². The van der Waals surface area contributed by atoms with Crippen LogP contribution in [0.4, 0.5) is 5.69 Å². The second kappa shape index (κ2) is 10.8. The third kappa shape index (κ3) is 7.07. The lowest BCUT2D eigenvalue weighted by Crippen LogP contribution is -2.43. The van der Waals surface area contributed by atoms with Crippen LogP contribution in [0.1, 0.15) is 29.3 Å². The average Bonchev–Trinajstić information content (AvgIpc) is 2.69. The Morgan fingerprint density at radius 2 is 1.66 bits per heavy atom. The van der Waals surface area contributed by atoms with Crippen molar-refractivity contribution in [3.8, 4) is 0 Å². The molecular weight excluding hydrogens is 413 g/mol. The molecule has 0 bridgehead atoms. The van der Waals surface area contributed by atoms with E-state index >= 15 is 0 Å². The van der Waals surface area contributed by atoms with Gasteiger partial charge in [-0.05, 0) is 43.7 Å². The normalized spacial score (nSPS) is 10.3. The Kier molecular flexibility index (Phi) is 8.49. The zero-order valence-electron chi connectivity index (χ0n) is 16.3. The highest BCUT2D eigenvalue weighted by atomic mass is 35.5. The maximum atomic E-state index is 12.7. The summed E-state index contributed by atoms with van der Waals surface area (Å²) in [6.45, 7) is 3.90. The Morgan fingerprint density at radius 1 is 0.966 bits per heavy atom. The van der Waals surface area contributed by atoms with E-state index in [0.717, 1.165) is 5.56 Å². The molecule has 0 atom stereocenters. The Bertz CT molecular complexity index is 885. The van der Waals surface area contributed by atoms with Crippen LogP contribution < -0.4 is 10.6 Å². The topological polar surface area (TPSA) is 78.5 Å². The first-order valence-corrected chi connectivity index (χ1v) is 9.93. The SMILES string of the molecule is CCCN(CC(=O)NCC(=O)Nc1ccc(C)cc1)C(=O)c1ccc(Cl)c(Cl)c1. The maximum Gasteiger partial charge on any atom is 0.254 e. The molecule has 0 aliphatic rings. The van der Waals surface area contributed by atoms with Gasteiger partial charge in [0.2, 0.25) is 11.8 Å². The summed E-state index contributed by atoms with van der Waals surface area (Å²) in [6, 6.07) is 11.9. The molecule has 0 heterocycles. The lowest BCUT2D eigenvalue weighted by Gasteiger charge is -2.22.